The van der Waals surface area contributed by atoms with E-state index in [9.17, 15) is 14.4 Å². The molecule has 0 unspecified atom stereocenters. The third-order valence-electron chi connectivity index (χ3n) is 6.33. The first kappa shape index (κ1) is 20.3. The fourth-order valence-corrected chi connectivity index (χ4v) is 4.49. The minimum atomic E-state index is -0.0632. The van der Waals surface area contributed by atoms with Crippen molar-refractivity contribution in [2.75, 3.05) is 26.7 Å². The third kappa shape index (κ3) is 3.64. The van der Waals surface area contributed by atoms with E-state index in [0.29, 0.717) is 42.6 Å². The number of nitrogens with zero attached hydrogens (tertiary/aromatic N) is 2. The number of rotatable bonds is 5. The summed E-state index contributed by atoms with van der Waals surface area (Å²) < 4.78 is 0. The molecule has 1 fully saturated rings. The smallest absolute Gasteiger partial charge is 0.253 e. The SMILES string of the molecule is CCCCN(C)C(=O)C1CCN(C(=O)c2ccc3c(c2)C(=O)c2ccccc2-3)CC1. The van der Waals surface area contributed by atoms with Gasteiger partial charge in [0.25, 0.3) is 5.91 Å². The van der Waals surface area contributed by atoms with Crippen molar-refractivity contribution in [1.29, 1.82) is 0 Å². The molecule has 0 radical (unpaired) electrons. The number of likely N-dealkylation sites (tertiary alicyclic amines) is 1. The van der Waals surface area contributed by atoms with Gasteiger partial charge in [0.2, 0.25) is 5.91 Å². The van der Waals surface area contributed by atoms with Gasteiger partial charge in [0.05, 0.1) is 0 Å². The van der Waals surface area contributed by atoms with Gasteiger partial charge in [-0.1, -0.05) is 43.7 Å². The molecule has 2 aromatic carbocycles. The summed E-state index contributed by atoms with van der Waals surface area (Å²) in [4.78, 5) is 42.0. The normalized spacial score (nSPS) is 15.7. The van der Waals surface area contributed by atoms with Gasteiger partial charge in [0.15, 0.2) is 5.78 Å². The number of hydrogen-bond donors (Lipinski definition) is 0. The quantitative estimate of drug-likeness (QED) is 0.646. The molecule has 0 N–H and O–H groups in total. The van der Waals surface area contributed by atoms with Crippen molar-refractivity contribution < 1.29 is 14.4 Å². The Morgan fingerprint density at radius 2 is 1.67 bits per heavy atom. The van der Waals surface area contributed by atoms with Gasteiger partial charge in [-0.25, -0.2) is 0 Å². The fourth-order valence-electron chi connectivity index (χ4n) is 4.49. The lowest BCUT2D eigenvalue weighted by Gasteiger charge is -2.33. The Hall–Kier alpha value is -2.95. The Balaban J connectivity index is 1.42. The summed E-state index contributed by atoms with van der Waals surface area (Å²) in [7, 11) is 1.87. The van der Waals surface area contributed by atoms with Crippen molar-refractivity contribution in [2.24, 2.45) is 5.92 Å². The van der Waals surface area contributed by atoms with Crippen LogP contribution in [-0.2, 0) is 4.79 Å². The van der Waals surface area contributed by atoms with E-state index in [4.69, 9.17) is 0 Å². The lowest BCUT2D eigenvalue weighted by molar-refractivity contribution is -0.135. The number of piperidine rings is 1. The first-order chi connectivity index (χ1) is 14.5. The molecule has 30 heavy (non-hydrogen) atoms. The summed E-state index contributed by atoms with van der Waals surface area (Å²) in [5, 5.41) is 0. The second-order valence-electron chi connectivity index (χ2n) is 8.31. The fraction of sp³-hybridized carbons (Fsp3) is 0.400. The highest BCUT2D eigenvalue weighted by atomic mass is 16.2. The van der Waals surface area contributed by atoms with Gasteiger partial charge in [-0.15, -0.1) is 0 Å². The zero-order valence-corrected chi connectivity index (χ0v) is 17.7. The van der Waals surface area contributed by atoms with E-state index < -0.39 is 0 Å². The Morgan fingerprint density at radius 3 is 2.37 bits per heavy atom. The number of hydrogen-bond acceptors (Lipinski definition) is 3. The monoisotopic (exact) mass is 404 g/mol. The largest absolute Gasteiger partial charge is 0.346 e. The van der Waals surface area contributed by atoms with Gasteiger partial charge >= 0.3 is 0 Å². The molecule has 2 aliphatic rings. The van der Waals surface area contributed by atoms with E-state index in [1.54, 1.807) is 6.07 Å². The highest BCUT2D eigenvalue weighted by Gasteiger charge is 2.31. The molecule has 1 aliphatic carbocycles. The lowest BCUT2D eigenvalue weighted by Crippen LogP contribution is -2.43. The average molecular weight is 405 g/mol. The molecule has 2 aromatic rings. The molecule has 0 aromatic heterocycles. The van der Waals surface area contributed by atoms with E-state index in [2.05, 4.69) is 6.92 Å². The first-order valence-electron chi connectivity index (χ1n) is 10.8. The van der Waals surface area contributed by atoms with Crippen molar-refractivity contribution in [3.05, 3.63) is 59.2 Å². The number of carbonyl (C=O) groups excluding carboxylic acids is 3. The third-order valence-corrected chi connectivity index (χ3v) is 6.33. The van der Waals surface area contributed by atoms with E-state index in [1.165, 1.54) is 0 Å². The highest BCUT2D eigenvalue weighted by molar-refractivity contribution is 6.22. The molecule has 4 rings (SSSR count). The zero-order valence-electron chi connectivity index (χ0n) is 17.7. The first-order valence-corrected chi connectivity index (χ1v) is 10.8. The number of amides is 2. The summed E-state index contributed by atoms with van der Waals surface area (Å²) in [6.45, 7) is 4.05. The van der Waals surface area contributed by atoms with Gasteiger partial charge in [0.1, 0.15) is 0 Å². The predicted molar refractivity (Wildman–Crippen MR) is 116 cm³/mol. The predicted octanol–water partition coefficient (Wildman–Crippen LogP) is 4.01. The van der Waals surface area contributed by atoms with Gasteiger partial charge in [-0.3, -0.25) is 14.4 Å². The summed E-state index contributed by atoms with van der Waals surface area (Å²) in [5.41, 5.74) is 3.67. The maximum Gasteiger partial charge on any atom is 0.253 e. The topological polar surface area (TPSA) is 57.7 Å². The van der Waals surface area contributed by atoms with Crippen LogP contribution in [0.15, 0.2) is 42.5 Å². The Labute approximate surface area is 177 Å². The van der Waals surface area contributed by atoms with Gasteiger partial charge in [0, 0.05) is 49.3 Å². The Bertz CT molecular complexity index is 990. The van der Waals surface area contributed by atoms with Crippen molar-refractivity contribution >= 4 is 17.6 Å². The zero-order chi connectivity index (χ0) is 21.3. The van der Waals surface area contributed by atoms with Crippen molar-refractivity contribution in [2.45, 2.75) is 32.6 Å². The van der Waals surface area contributed by atoms with Crippen LogP contribution in [0.5, 0.6) is 0 Å². The summed E-state index contributed by atoms with van der Waals surface area (Å²) in [6, 6.07) is 13.0. The molecule has 156 valence electrons. The van der Waals surface area contributed by atoms with E-state index in [0.717, 1.165) is 30.5 Å². The second-order valence-corrected chi connectivity index (χ2v) is 8.31. The molecule has 5 heteroatoms. The van der Waals surface area contributed by atoms with Crippen LogP contribution in [-0.4, -0.2) is 54.1 Å². The van der Waals surface area contributed by atoms with Crippen LogP contribution >= 0.6 is 0 Å². The van der Waals surface area contributed by atoms with Crippen molar-refractivity contribution in [3.8, 4) is 11.1 Å². The molecule has 1 heterocycles. The van der Waals surface area contributed by atoms with E-state index in [-0.39, 0.29) is 23.5 Å². The molecule has 0 spiro atoms. The standard InChI is InChI=1S/C25H28N2O3/c1-3-4-13-26(2)24(29)17-11-14-27(15-12-17)25(30)18-9-10-20-19-7-5-6-8-21(19)23(28)22(20)16-18/h5-10,16-17H,3-4,11-15H2,1-2H3. The molecule has 5 nitrogen and oxygen atoms in total. The summed E-state index contributed by atoms with van der Waals surface area (Å²) in [5.74, 6) is 0.102. The van der Waals surface area contributed by atoms with Crippen LogP contribution in [0.4, 0.5) is 0 Å². The van der Waals surface area contributed by atoms with E-state index >= 15 is 0 Å². The number of fused-ring (bicyclic) bond motifs is 3. The molecular formula is C25H28N2O3. The molecule has 0 bridgehead atoms. The highest BCUT2D eigenvalue weighted by Crippen LogP contribution is 2.37. The van der Waals surface area contributed by atoms with E-state index in [1.807, 2.05) is 53.2 Å². The number of carbonyl (C=O) groups is 3. The van der Waals surface area contributed by atoms with Crippen LogP contribution in [0.3, 0.4) is 0 Å². The lowest BCUT2D eigenvalue weighted by atomic mass is 9.94. The van der Waals surface area contributed by atoms with Crippen LogP contribution in [0.2, 0.25) is 0 Å². The Kier molecular flexibility index (Phi) is 5.71. The summed E-state index contributed by atoms with van der Waals surface area (Å²) >= 11 is 0. The summed E-state index contributed by atoms with van der Waals surface area (Å²) in [6.07, 6.45) is 3.46. The van der Waals surface area contributed by atoms with Crippen LogP contribution < -0.4 is 0 Å². The molecule has 2 amide bonds. The van der Waals surface area contributed by atoms with Crippen molar-refractivity contribution in [3.63, 3.8) is 0 Å². The van der Waals surface area contributed by atoms with Gasteiger partial charge < -0.3 is 9.80 Å². The Morgan fingerprint density at radius 1 is 1.00 bits per heavy atom. The molecule has 1 saturated heterocycles. The van der Waals surface area contributed by atoms with Gasteiger partial charge in [-0.05, 0) is 42.5 Å². The molecule has 1 aliphatic heterocycles. The van der Waals surface area contributed by atoms with Crippen LogP contribution in [0.1, 0.15) is 58.9 Å². The number of ketones is 1. The number of unbranched alkanes of at least 4 members (excludes halogenated alkanes) is 1. The average Bonchev–Trinajstić information content (AvgIpc) is 3.08. The van der Waals surface area contributed by atoms with Crippen LogP contribution in [0.25, 0.3) is 11.1 Å². The number of benzene rings is 2. The molecule has 0 atom stereocenters. The molecular weight excluding hydrogens is 376 g/mol. The second kappa shape index (κ2) is 8.42. The van der Waals surface area contributed by atoms with Gasteiger partial charge in [-0.2, -0.15) is 0 Å². The molecule has 0 saturated carbocycles. The maximum atomic E-state index is 13.1. The minimum absolute atomic E-state index is 0.00740. The minimum Gasteiger partial charge on any atom is -0.346 e. The van der Waals surface area contributed by atoms with Crippen LogP contribution in [0, 0.1) is 5.92 Å². The van der Waals surface area contributed by atoms with Crippen molar-refractivity contribution in [1.82, 2.24) is 9.80 Å². The maximum absolute atomic E-state index is 13.1.